The van der Waals surface area contributed by atoms with E-state index in [-0.39, 0.29) is 18.0 Å². The van der Waals surface area contributed by atoms with E-state index in [1.165, 1.54) is 4.40 Å². The van der Waals surface area contributed by atoms with E-state index in [9.17, 15) is 9.59 Å². The largest absolute Gasteiger partial charge is 0.334 e. The normalized spacial score (nSPS) is 13.5. The molecule has 0 fully saturated rings. The number of carbonyl (C=O) groups excluding carboxylic acids is 1. The number of hydrogen-bond acceptors (Lipinski definition) is 4. The zero-order valence-corrected chi connectivity index (χ0v) is 15.0. The minimum atomic E-state index is -0.108. The number of fused-ring (bicyclic) bond motifs is 2. The van der Waals surface area contributed by atoms with Crippen LogP contribution in [0.15, 0.2) is 71.9 Å². The molecule has 3 aromatic heterocycles. The molecule has 1 aromatic carbocycles. The summed E-state index contributed by atoms with van der Waals surface area (Å²) in [7, 11) is 0. The van der Waals surface area contributed by atoms with E-state index in [4.69, 9.17) is 0 Å². The smallest absolute Gasteiger partial charge is 0.263 e. The molecule has 4 heterocycles. The lowest BCUT2D eigenvalue weighted by atomic mass is 10.1. The van der Waals surface area contributed by atoms with E-state index in [1.807, 2.05) is 42.6 Å². The molecule has 0 radical (unpaired) electrons. The predicted octanol–water partition coefficient (Wildman–Crippen LogP) is 2.08. The topological polar surface area (TPSA) is 72.5 Å². The quantitative estimate of drug-likeness (QED) is 0.541. The van der Waals surface area contributed by atoms with Gasteiger partial charge in [-0.15, -0.1) is 0 Å². The molecule has 7 nitrogen and oxygen atoms in total. The van der Waals surface area contributed by atoms with Gasteiger partial charge >= 0.3 is 0 Å². The van der Waals surface area contributed by atoms with Crippen LogP contribution in [0.1, 0.15) is 21.6 Å². The Morgan fingerprint density at radius 1 is 1.04 bits per heavy atom. The van der Waals surface area contributed by atoms with Gasteiger partial charge in [0, 0.05) is 37.1 Å². The highest BCUT2D eigenvalue weighted by atomic mass is 16.2. The molecule has 1 aliphatic heterocycles. The van der Waals surface area contributed by atoms with Crippen LogP contribution in [0.3, 0.4) is 0 Å². The van der Waals surface area contributed by atoms with Gasteiger partial charge in [0.15, 0.2) is 0 Å². The summed E-state index contributed by atoms with van der Waals surface area (Å²) in [5.74, 6) is -0.0998. The molecule has 0 bridgehead atoms. The maximum atomic E-state index is 13.1. The highest BCUT2D eigenvalue weighted by molar-refractivity contribution is 5.94. The lowest BCUT2D eigenvalue weighted by Gasteiger charge is -2.28. The number of nitrogens with zero attached hydrogens (tertiary/aromatic N) is 5. The molecule has 0 aliphatic carbocycles. The number of amides is 1. The minimum Gasteiger partial charge on any atom is -0.334 e. The fourth-order valence-electron chi connectivity index (χ4n) is 3.61. The summed E-state index contributed by atoms with van der Waals surface area (Å²) in [6, 6.07) is 14.7. The van der Waals surface area contributed by atoms with Crippen LogP contribution in [-0.2, 0) is 13.0 Å². The van der Waals surface area contributed by atoms with Crippen molar-refractivity contribution in [2.45, 2.75) is 13.0 Å². The average Bonchev–Trinajstić information content (AvgIpc) is 3.28. The summed E-state index contributed by atoms with van der Waals surface area (Å²) in [4.78, 5) is 32.2. The maximum Gasteiger partial charge on any atom is 0.263 e. The minimum absolute atomic E-state index is 0.0998. The molecule has 0 N–H and O–H groups in total. The third kappa shape index (κ3) is 2.68. The van der Waals surface area contributed by atoms with Crippen LogP contribution in [0, 0.1) is 0 Å². The summed E-state index contributed by atoms with van der Waals surface area (Å²) < 4.78 is 3.25. The van der Waals surface area contributed by atoms with Crippen LogP contribution in [0.4, 0.5) is 0 Å². The number of benzene rings is 1. The summed E-state index contributed by atoms with van der Waals surface area (Å²) in [6.07, 6.45) is 5.80. The van der Waals surface area contributed by atoms with Gasteiger partial charge in [0.05, 0.1) is 23.5 Å². The molecule has 0 saturated heterocycles. The molecule has 0 unspecified atom stereocenters. The van der Waals surface area contributed by atoms with Crippen LogP contribution >= 0.6 is 0 Å². The van der Waals surface area contributed by atoms with Crippen LogP contribution < -0.4 is 5.56 Å². The van der Waals surface area contributed by atoms with Gasteiger partial charge in [0.25, 0.3) is 11.5 Å². The van der Waals surface area contributed by atoms with Crippen molar-refractivity contribution >= 4 is 11.6 Å². The molecule has 0 saturated carbocycles. The first-order valence-corrected chi connectivity index (χ1v) is 9.09. The van der Waals surface area contributed by atoms with Gasteiger partial charge in [0.2, 0.25) is 0 Å². The van der Waals surface area contributed by atoms with E-state index in [0.717, 1.165) is 11.4 Å². The van der Waals surface area contributed by atoms with Crippen molar-refractivity contribution in [3.05, 3.63) is 94.3 Å². The first kappa shape index (κ1) is 16.4. The van der Waals surface area contributed by atoms with Crippen molar-refractivity contribution in [3.8, 4) is 5.69 Å². The second-order valence-corrected chi connectivity index (χ2v) is 6.75. The van der Waals surface area contributed by atoms with Gasteiger partial charge < -0.3 is 4.90 Å². The SMILES string of the molecule is O=C(c1cccc(-n2cccn2)c1)N1CCc2nc3ccccn3c(=O)c2C1. The number of aromatic nitrogens is 4. The Balaban J connectivity index is 1.48. The Bertz CT molecular complexity index is 1240. The van der Waals surface area contributed by atoms with Crippen LogP contribution in [0.25, 0.3) is 11.3 Å². The number of rotatable bonds is 2. The average molecular weight is 371 g/mol. The van der Waals surface area contributed by atoms with Gasteiger partial charge in [0.1, 0.15) is 5.65 Å². The van der Waals surface area contributed by atoms with E-state index in [0.29, 0.717) is 29.7 Å². The predicted molar refractivity (Wildman–Crippen MR) is 103 cm³/mol. The Morgan fingerprint density at radius 2 is 1.96 bits per heavy atom. The fraction of sp³-hybridized carbons (Fsp3) is 0.143. The van der Waals surface area contributed by atoms with Crippen molar-refractivity contribution in [3.63, 3.8) is 0 Å². The van der Waals surface area contributed by atoms with Crippen molar-refractivity contribution in [2.24, 2.45) is 0 Å². The van der Waals surface area contributed by atoms with Gasteiger partial charge in [-0.2, -0.15) is 5.10 Å². The highest BCUT2D eigenvalue weighted by Crippen LogP contribution is 2.19. The van der Waals surface area contributed by atoms with Gasteiger partial charge in [-0.3, -0.25) is 14.0 Å². The Kier molecular flexibility index (Phi) is 3.79. The van der Waals surface area contributed by atoms with Gasteiger partial charge in [-0.25, -0.2) is 9.67 Å². The second kappa shape index (κ2) is 6.45. The van der Waals surface area contributed by atoms with E-state index >= 15 is 0 Å². The molecule has 5 rings (SSSR count). The molecule has 7 heteroatoms. The molecule has 1 amide bonds. The fourth-order valence-corrected chi connectivity index (χ4v) is 3.61. The third-order valence-corrected chi connectivity index (χ3v) is 5.03. The molecule has 28 heavy (non-hydrogen) atoms. The van der Waals surface area contributed by atoms with Gasteiger partial charge in [-0.05, 0) is 36.4 Å². The highest BCUT2D eigenvalue weighted by Gasteiger charge is 2.25. The molecular weight excluding hydrogens is 354 g/mol. The summed E-state index contributed by atoms with van der Waals surface area (Å²) >= 11 is 0. The Labute approximate surface area is 160 Å². The lowest BCUT2D eigenvalue weighted by molar-refractivity contribution is 0.0732. The van der Waals surface area contributed by atoms with E-state index in [2.05, 4.69) is 10.1 Å². The Morgan fingerprint density at radius 3 is 2.82 bits per heavy atom. The van der Waals surface area contributed by atoms with Crippen molar-refractivity contribution < 1.29 is 4.79 Å². The second-order valence-electron chi connectivity index (χ2n) is 6.75. The molecule has 4 aromatic rings. The summed E-state index contributed by atoms with van der Waals surface area (Å²) in [5, 5.41) is 4.21. The Hall–Kier alpha value is -3.74. The van der Waals surface area contributed by atoms with Gasteiger partial charge in [-0.1, -0.05) is 12.1 Å². The first-order chi connectivity index (χ1) is 13.7. The van der Waals surface area contributed by atoms with Crippen LogP contribution in [0.2, 0.25) is 0 Å². The number of carbonyl (C=O) groups is 1. The van der Waals surface area contributed by atoms with E-state index < -0.39 is 0 Å². The summed E-state index contributed by atoms with van der Waals surface area (Å²) in [5.41, 5.74) is 3.30. The molecule has 0 spiro atoms. The van der Waals surface area contributed by atoms with Crippen LogP contribution in [0.5, 0.6) is 0 Å². The monoisotopic (exact) mass is 371 g/mol. The maximum absolute atomic E-state index is 13.1. The van der Waals surface area contributed by atoms with Crippen LogP contribution in [-0.4, -0.2) is 36.5 Å². The summed E-state index contributed by atoms with van der Waals surface area (Å²) in [6.45, 7) is 0.803. The van der Waals surface area contributed by atoms with E-state index in [1.54, 1.807) is 34.1 Å². The van der Waals surface area contributed by atoms with Crippen molar-refractivity contribution in [1.29, 1.82) is 0 Å². The standard InChI is InChI=1S/C21H17N5O2/c27-20(15-5-3-6-16(13-15)26-11-4-9-22-26)24-12-8-18-17(14-24)21(28)25-10-2-1-7-19(25)23-18/h1-7,9-11,13H,8,12,14H2. The zero-order chi connectivity index (χ0) is 19.1. The van der Waals surface area contributed by atoms with Crippen molar-refractivity contribution in [2.75, 3.05) is 6.54 Å². The molecule has 138 valence electrons. The number of hydrogen-bond donors (Lipinski definition) is 0. The zero-order valence-electron chi connectivity index (χ0n) is 15.0. The molecule has 1 aliphatic rings. The lowest BCUT2D eigenvalue weighted by Crippen LogP contribution is -2.40. The van der Waals surface area contributed by atoms with Crippen molar-refractivity contribution in [1.82, 2.24) is 24.1 Å². The molecule has 0 atom stereocenters. The molecular formula is C21H17N5O2. The first-order valence-electron chi connectivity index (χ1n) is 9.09. The third-order valence-electron chi connectivity index (χ3n) is 5.03. The number of pyridine rings is 1.